The summed E-state index contributed by atoms with van der Waals surface area (Å²) in [4.78, 5) is 14.4. The van der Waals surface area contributed by atoms with Crippen molar-refractivity contribution >= 4 is 5.91 Å². The maximum absolute atomic E-state index is 12.8. The fourth-order valence-electron chi connectivity index (χ4n) is 2.61. The molecule has 3 rings (SSSR count). The number of aliphatic hydroxyl groups is 2. The minimum Gasteiger partial charge on any atom is -0.491 e. The van der Waals surface area contributed by atoms with Gasteiger partial charge in [-0.15, -0.1) is 0 Å². The summed E-state index contributed by atoms with van der Waals surface area (Å²) in [6, 6.07) is 8.64. The number of hydrogen-bond acceptors (Lipinski definition) is 5. The lowest BCUT2D eigenvalue weighted by Crippen LogP contribution is -2.32. The Labute approximate surface area is 152 Å². The topological polar surface area (TPSA) is 83.1 Å². The summed E-state index contributed by atoms with van der Waals surface area (Å²) in [5.41, 5.74) is 0.479. The van der Waals surface area contributed by atoms with Crippen molar-refractivity contribution in [2.75, 3.05) is 13.2 Å². The molecule has 0 aliphatic carbocycles. The van der Waals surface area contributed by atoms with E-state index in [0.717, 1.165) is 11.1 Å². The van der Waals surface area contributed by atoms with E-state index in [9.17, 15) is 15.0 Å². The van der Waals surface area contributed by atoms with Gasteiger partial charge in [0, 0.05) is 12.1 Å². The van der Waals surface area contributed by atoms with Crippen LogP contribution in [0.15, 0.2) is 34.7 Å². The highest BCUT2D eigenvalue weighted by Crippen LogP contribution is 2.25. The van der Waals surface area contributed by atoms with Crippen LogP contribution in [0, 0.1) is 11.8 Å². The molecule has 1 aliphatic heterocycles. The van der Waals surface area contributed by atoms with Crippen LogP contribution in [0.5, 0.6) is 5.75 Å². The average Bonchev–Trinajstić information content (AvgIpc) is 2.97. The molecule has 0 atom stereocenters. The molecule has 26 heavy (non-hydrogen) atoms. The molecule has 1 aromatic heterocycles. The van der Waals surface area contributed by atoms with Gasteiger partial charge in [0.1, 0.15) is 18.0 Å². The fourth-order valence-corrected chi connectivity index (χ4v) is 2.61. The highest BCUT2D eigenvalue weighted by Gasteiger charge is 2.23. The molecule has 1 amide bonds. The number of benzene rings is 1. The molecular weight excluding hydrogens is 334 g/mol. The van der Waals surface area contributed by atoms with Crippen LogP contribution in [0.2, 0.25) is 0 Å². The van der Waals surface area contributed by atoms with Gasteiger partial charge in [0.15, 0.2) is 11.5 Å². The molecule has 1 aromatic carbocycles. The van der Waals surface area contributed by atoms with E-state index in [1.165, 1.54) is 0 Å². The molecule has 2 heterocycles. The molecule has 6 nitrogen and oxygen atoms in total. The number of furan rings is 1. The molecule has 0 fully saturated rings. The number of carbonyl (C=O) groups excluding carboxylic acids is 1. The molecule has 2 N–H and O–H groups in total. The Bertz CT molecular complexity index is 866. The number of nitrogens with zero attached hydrogens (tertiary/aromatic N) is 1. The molecule has 136 valence electrons. The highest BCUT2D eigenvalue weighted by molar-refractivity contribution is 5.91. The zero-order valence-corrected chi connectivity index (χ0v) is 14.8. The predicted octanol–water partition coefficient (Wildman–Crippen LogP) is 1.93. The Morgan fingerprint density at radius 3 is 2.85 bits per heavy atom. The second-order valence-corrected chi connectivity index (χ2v) is 6.65. The SMILES string of the molecule is CC(C)(O)C#Cc1ccc(C(=O)N2CCOc3ccc(CO)cc3C2)o1. The maximum Gasteiger partial charge on any atom is 0.290 e. The second kappa shape index (κ2) is 7.24. The van der Waals surface area contributed by atoms with E-state index >= 15 is 0 Å². The van der Waals surface area contributed by atoms with E-state index in [2.05, 4.69) is 11.8 Å². The van der Waals surface area contributed by atoms with Crippen LogP contribution < -0.4 is 4.74 Å². The monoisotopic (exact) mass is 355 g/mol. The van der Waals surface area contributed by atoms with Crippen LogP contribution >= 0.6 is 0 Å². The summed E-state index contributed by atoms with van der Waals surface area (Å²) in [7, 11) is 0. The lowest BCUT2D eigenvalue weighted by atomic mass is 10.1. The summed E-state index contributed by atoms with van der Waals surface area (Å²) in [5.74, 6) is 6.33. The van der Waals surface area contributed by atoms with E-state index in [4.69, 9.17) is 9.15 Å². The van der Waals surface area contributed by atoms with Crippen molar-refractivity contribution in [2.45, 2.75) is 32.6 Å². The standard InChI is InChI=1S/C20H21NO5/c1-20(2,24)8-7-16-4-6-18(26-16)19(23)21-9-10-25-17-5-3-14(13-22)11-15(17)12-21/h3-6,11,22,24H,9-10,12-13H2,1-2H3. The van der Waals surface area contributed by atoms with Crippen LogP contribution in [0.3, 0.4) is 0 Å². The molecule has 0 unspecified atom stereocenters. The minimum atomic E-state index is -1.13. The van der Waals surface area contributed by atoms with E-state index in [1.54, 1.807) is 36.9 Å². The smallest absolute Gasteiger partial charge is 0.290 e. The van der Waals surface area contributed by atoms with Gasteiger partial charge in [-0.05, 0) is 49.6 Å². The van der Waals surface area contributed by atoms with Gasteiger partial charge in [0.2, 0.25) is 0 Å². The summed E-state index contributed by atoms with van der Waals surface area (Å²) in [5, 5.41) is 18.9. The number of carbonyl (C=O) groups is 1. The number of fused-ring (bicyclic) bond motifs is 1. The third kappa shape index (κ3) is 4.26. The zero-order valence-electron chi connectivity index (χ0n) is 14.8. The first-order valence-corrected chi connectivity index (χ1v) is 8.36. The number of amides is 1. The van der Waals surface area contributed by atoms with Crippen LogP contribution in [-0.2, 0) is 13.2 Å². The van der Waals surface area contributed by atoms with Gasteiger partial charge < -0.3 is 24.3 Å². The molecule has 0 saturated carbocycles. The second-order valence-electron chi connectivity index (χ2n) is 6.65. The van der Waals surface area contributed by atoms with Gasteiger partial charge in [-0.2, -0.15) is 0 Å². The first-order chi connectivity index (χ1) is 12.4. The van der Waals surface area contributed by atoms with Crippen molar-refractivity contribution < 1.29 is 24.2 Å². The van der Waals surface area contributed by atoms with E-state index in [1.807, 2.05) is 12.1 Å². The summed E-state index contributed by atoms with van der Waals surface area (Å²) < 4.78 is 11.2. The number of hydrogen-bond donors (Lipinski definition) is 2. The normalized spacial score (nSPS) is 13.9. The Morgan fingerprint density at radius 2 is 2.12 bits per heavy atom. The quantitative estimate of drug-likeness (QED) is 0.805. The maximum atomic E-state index is 12.8. The zero-order chi connectivity index (χ0) is 18.7. The third-order valence-corrected chi connectivity index (χ3v) is 3.88. The Morgan fingerprint density at radius 1 is 1.31 bits per heavy atom. The van der Waals surface area contributed by atoms with Crippen LogP contribution in [0.25, 0.3) is 0 Å². The fraction of sp³-hybridized carbons (Fsp3) is 0.350. The molecule has 0 saturated heterocycles. The molecule has 1 aliphatic rings. The van der Waals surface area contributed by atoms with E-state index in [0.29, 0.717) is 31.2 Å². The van der Waals surface area contributed by atoms with Gasteiger partial charge in [0.05, 0.1) is 13.2 Å². The number of rotatable bonds is 2. The van der Waals surface area contributed by atoms with Crippen molar-refractivity contribution in [3.63, 3.8) is 0 Å². The highest BCUT2D eigenvalue weighted by atomic mass is 16.5. The van der Waals surface area contributed by atoms with Gasteiger partial charge in [-0.1, -0.05) is 12.0 Å². The van der Waals surface area contributed by atoms with Crippen LogP contribution in [-0.4, -0.2) is 39.8 Å². The van der Waals surface area contributed by atoms with Gasteiger partial charge in [0.25, 0.3) is 5.91 Å². The summed E-state index contributed by atoms with van der Waals surface area (Å²) >= 11 is 0. The minimum absolute atomic E-state index is 0.0668. The molecular formula is C20H21NO5. The van der Waals surface area contributed by atoms with Crippen molar-refractivity contribution in [1.82, 2.24) is 4.90 Å². The largest absolute Gasteiger partial charge is 0.491 e. The third-order valence-electron chi connectivity index (χ3n) is 3.88. The van der Waals surface area contributed by atoms with Crippen molar-refractivity contribution in [1.29, 1.82) is 0 Å². The van der Waals surface area contributed by atoms with Crippen molar-refractivity contribution in [3.8, 4) is 17.6 Å². The predicted molar refractivity (Wildman–Crippen MR) is 94.5 cm³/mol. The first-order valence-electron chi connectivity index (χ1n) is 8.36. The number of aliphatic hydroxyl groups excluding tert-OH is 1. The first kappa shape index (κ1) is 18.1. The Kier molecular flexibility index (Phi) is 5.03. The van der Waals surface area contributed by atoms with Gasteiger partial charge >= 0.3 is 0 Å². The van der Waals surface area contributed by atoms with Crippen molar-refractivity contribution in [3.05, 3.63) is 53.0 Å². The lowest BCUT2D eigenvalue weighted by molar-refractivity contribution is 0.0700. The number of ether oxygens (including phenoxy) is 1. The van der Waals surface area contributed by atoms with Gasteiger partial charge in [-0.3, -0.25) is 4.79 Å². The average molecular weight is 355 g/mol. The molecule has 6 heteroatoms. The Hall–Kier alpha value is -2.75. The van der Waals surface area contributed by atoms with E-state index < -0.39 is 5.60 Å². The lowest BCUT2D eigenvalue weighted by Gasteiger charge is -2.18. The van der Waals surface area contributed by atoms with Crippen LogP contribution in [0.4, 0.5) is 0 Å². The Balaban J connectivity index is 1.79. The molecule has 0 bridgehead atoms. The van der Waals surface area contributed by atoms with E-state index in [-0.39, 0.29) is 18.3 Å². The van der Waals surface area contributed by atoms with Crippen molar-refractivity contribution in [2.24, 2.45) is 0 Å². The molecule has 2 aromatic rings. The molecule has 0 radical (unpaired) electrons. The van der Waals surface area contributed by atoms with Gasteiger partial charge in [-0.25, -0.2) is 0 Å². The molecule has 0 spiro atoms. The summed E-state index contributed by atoms with van der Waals surface area (Å²) in [6.07, 6.45) is 0. The summed E-state index contributed by atoms with van der Waals surface area (Å²) in [6.45, 7) is 4.25. The van der Waals surface area contributed by atoms with Crippen LogP contribution in [0.1, 0.15) is 41.3 Å².